The third kappa shape index (κ3) is 4.73. The topological polar surface area (TPSA) is 50.8 Å². The molecule has 138 valence electrons. The van der Waals surface area contributed by atoms with Gasteiger partial charge in [0.05, 0.1) is 24.8 Å². The Morgan fingerprint density at radius 1 is 1.36 bits per heavy atom. The van der Waals surface area contributed by atoms with Crippen LogP contribution in [0.5, 0.6) is 0 Å². The average molecular weight is 346 g/mol. The van der Waals surface area contributed by atoms with Crippen molar-refractivity contribution in [2.75, 3.05) is 32.9 Å². The van der Waals surface area contributed by atoms with Crippen LogP contribution in [0.25, 0.3) is 0 Å². The van der Waals surface area contributed by atoms with Gasteiger partial charge < -0.3 is 19.7 Å². The van der Waals surface area contributed by atoms with Gasteiger partial charge in [0, 0.05) is 19.8 Å². The fourth-order valence-electron chi connectivity index (χ4n) is 3.62. The van der Waals surface area contributed by atoms with Crippen molar-refractivity contribution in [1.29, 1.82) is 0 Å². The summed E-state index contributed by atoms with van der Waals surface area (Å²) in [6, 6.07) is 10.3. The predicted molar refractivity (Wildman–Crippen MR) is 97.5 cm³/mol. The van der Waals surface area contributed by atoms with Crippen molar-refractivity contribution in [3.8, 4) is 0 Å². The van der Waals surface area contributed by atoms with E-state index in [4.69, 9.17) is 9.47 Å². The van der Waals surface area contributed by atoms with E-state index in [2.05, 4.69) is 31.3 Å². The molecule has 1 N–H and O–H groups in total. The molecule has 0 spiro atoms. The van der Waals surface area contributed by atoms with Crippen molar-refractivity contribution in [3.63, 3.8) is 0 Å². The van der Waals surface area contributed by atoms with Crippen LogP contribution >= 0.6 is 0 Å². The zero-order valence-corrected chi connectivity index (χ0v) is 15.4. The second-order valence-corrected chi connectivity index (χ2v) is 7.45. The van der Waals surface area contributed by atoms with Gasteiger partial charge in [-0.1, -0.05) is 37.3 Å². The van der Waals surface area contributed by atoms with E-state index in [-0.39, 0.29) is 17.7 Å². The Morgan fingerprint density at radius 3 is 2.84 bits per heavy atom. The molecular formula is C20H30N2O3. The smallest absolute Gasteiger partial charge is 0.318 e. The summed E-state index contributed by atoms with van der Waals surface area (Å²) in [5.41, 5.74) is 0.922. The minimum Gasteiger partial charge on any atom is -0.381 e. The van der Waals surface area contributed by atoms with Gasteiger partial charge in [-0.25, -0.2) is 4.79 Å². The Morgan fingerprint density at radius 2 is 2.16 bits per heavy atom. The van der Waals surface area contributed by atoms with Gasteiger partial charge in [0.2, 0.25) is 0 Å². The summed E-state index contributed by atoms with van der Waals surface area (Å²) in [5.74, 6) is 0.510. The number of hydrogen-bond acceptors (Lipinski definition) is 3. The minimum absolute atomic E-state index is 0.00995. The van der Waals surface area contributed by atoms with Crippen LogP contribution in [0, 0.1) is 5.92 Å². The van der Waals surface area contributed by atoms with Gasteiger partial charge in [0.15, 0.2) is 0 Å². The number of carbonyl (C=O) groups excluding carboxylic acids is 1. The third-order valence-electron chi connectivity index (χ3n) is 5.46. The first kappa shape index (κ1) is 18.2. The molecule has 2 amide bonds. The molecule has 0 bridgehead atoms. The van der Waals surface area contributed by atoms with Gasteiger partial charge in [0.25, 0.3) is 0 Å². The fraction of sp³-hybridized carbons (Fsp3) is 0.650. The van der Waals surface area contributed by atoms with Crippen molar-refractivity contribution in [2.45, 2.75) is 44.8 Å². The quantitative estimate of drug-likeness (QED) is 0.889. The molecule has 5 nitrogen and oxygen atoms in total. The number of nitrogens with one attached hydrogen (secondary N) is 1. The Labute approximate surface area is 150 Å². The number of ether oxygens (including phenoxy) is 2. The number of rotatable bonds is 5. The van der Waals surface area contributed by atoms with Crippen molar-refractivity contribution < 1.29 is 14.3 Å². The normalized spacial score (nSPS) is 27.9. The maximum Gasteiger partial charge on any atom is 0.318 e. The van der Waals surface area contributed by atoms with E-state index < -0.39 is 0 Å². The van der Waals surface area contributed by atoms with E-state index in [0.717, 1.165) is 38.0 Å². The summed E-state index contributed by atoms with van der Waals surface area (Å²) in [7, 11) is 0. The number of urea groups is 1. The predicted octanol–water partition coefficient (Wildman–Crippen LogP) is 3.36. The molecule has 2 aliphatic heterocycles. The van der Waals surface area contributed by atoms with Crippen LogP contribution in [0.1, 0.15) is 44.7 Å². The molecule has 0 radical (unpaired) electrons. The maximum absolute atomic E-state index is 12.9. The number of hydrogen-bond donors (Lipinski definition) is 1. The first-order chi connectivity index (χ1) is 12.1. The van der Waals surface area contributed by atoms with Gasteiger partial charge in [-0.3, -0.25) is 0 Å². The molecule has 5 heteroatoms. The van der Waals surface area contributed by atoms with Crippen LogP contribution in [-0.2, 0) is 9.47 Å². The molecule has 2 saturated heterocycles. The fourth-order valence-corrected chi connectivity index (χ4v) is 3.62. The molecule has 0 unspecified atom stereocenters. The summed E-state index contributed by atoms with van der Waals surface area (Å²) in [4.78, 5) is 14.8. The first-order valence-electron chi connectivity index (χ1n) is 9.42. The number of morpholine rings is 1. The first-order valence-corrected chi connectivity index (χ1v) is 9.42. The SMILES string of the molecule is CC[C@]1(C)CN(C(=O)N[C@@H](C[C@@H]2CCOC2)c2ccccc2)CCO1. The van der Waals surface area contributed by atoms with Crippen LogP contribution in [0.4, 0.5) is 4.79 Å². The highest BCUT2D eigenvalue weighted by molar-refractivity contribution is 5.75. The second-order valence-electron chi connectivity index (χ2n) is 7.45. The summed E-state index contributed by atoms with van der Waals surface area (Å²) in [6.45, 7) is 7.71. The lowest BCUT2D eigenvalue weighted by Crippen LogP contribution is -2.54. The zero-order valence-electron chi connectivity index (χ0n) is 15.4. The second kappa shape index (κ2) is 8.19. The van der Waals surface area contributed by atoms with Gasteiger partial charge in [-0.15, -0.1) is 0 Å². The van der Waals surface area contributed by atoms with Gasteiger partial charge >= 0.3 is 6.03 Å². The van der Waals surface area contributed by atoms with Gasteiger partial charge in [-0.05, 0) is 37.7 Å². The highest BCUT2D eigenvalue weighted by Gasteiger charge is 2.33. The molecule has 1 aromatic carbocycles. The average Bonchev–Trinajstić information content (AvgIpc) is 3.15. The van der Waals surface area contributed by atoms with Crippen LogP contribution < -0.4 is 5.32 Å². The molecular weight excluding hydrogens is 316 g/mol. The monoisotopic (exact) mass is 346 g/mol. The van der Waals surface area contributed by atoms with Crippen LogP contribution in [0.2, 0.25) is 0 Å². The molecule has 2 heterocycles. The minimum atomic E-state index is -0.239. The van der Waals surface area contributed by atoms with E-state index in [1.165, 1.54) is 0 Å². The molecule has 3 atom stereocenters. The molecule has 3 rings (SSSR count). The third-order valence-corrected chi connectivity index (χ3v) is 5.46. The summed E-state index contributed by atoms with van der Waals surface area (Å²) in [5, 5.41) is 3.27. The van der Waals surface area contributed by atoms with Gasteiger partial charge in [-0.2, -0.15) is 0 Å². The Bertz CT molecular complexity index is 559. The van der Waals surface area contributed by atoms with Gasteiger partial charge in [0.1, 0.15) is 0 Å². The summed E-state index contributed by atoms with van der Waals surface area (Å²) in [6.07, 6.45) is 2.90. The number of amides is 2. The number of nitrogens with zero attached hydrogens (tertiary/aromatic N) is 1. The van der Waals surface area contributed by atoms with E-state index >= 15 is 0 Å². The van der Waals surface area contributed by atoms with Crippen molar-refractivity contribution in [3.05, 3.63) is 35.9 Å². The van der Waals surface area contributed by atoms with Crippen LogP contribution in [-0.4, -0.2) is 49.4 Å². The molecule has 0 saturated carbocycles. The van der Waals surface area contributed by atoms with E-state index in [1.807, 2.05) is 23.1 Å². The lowest BCUT2D eigenvalue weighted by Gasteiger charge is -2.40. The molecule has 2 fully saturated rings. The largest absolute Gasteiger partial charge is 0.381 e. The lowest BCUT2D eigenvalue weighted by atomic mass is 9.94. The molecule has 25 heavy (non-hydrogen) atoms. The molecule has 2 aliphatic rings. The highest BCUT2D eigenvalue weighted by atomic mass is 16.5. The Kier molecular flexibility index (Phi) is 5.97. The Hall–Kier alpha value is -1.59. The molecule has 0 aliphatic carbocycles. The highest BCUT2D eigenvalue weighted by Crippen LogP contribution is 2.27. The van der Waals surface area contributed by atoms with Crippen LogP contribution in [0.15, 0.2) is 30.3 Å². The zero-order chi connectivity index (χ0) is 17.7. The molecule has 0 aromatic heterocycles. The lowest BCUT2D eigenvalue weighted by molar-refractivity contribution is -0.0875. The Balaban J connectivity index is 1.67. The van der Waals surface area contributed by atoms with Crippen molar-refractivity contribution in [1.82, 2.24) is 10.2 Å². The van der Waals surface area contributed by atoms with E-state index in [9.17, 15) is 4.79 Å². The summed E-state index contributed by atoms with van der Waals surface area (Å²) < 4.78 is 11.4. The van der Waals surface area contributed by atoms with Crippen molar-refractivity contribution >= 4 is 6.03 Å². The van der Waals surface area contributed by atoms with Crippen molar-refractivity contribution in [2.24, 2.45) is 5.92 Å². The number of carbonyl (C=O) groups is 1. The summed E-state index contributed by atoms with van der Waals surface area (Å²) >= 11 is 0. The van der Waals surface area contributed by atoms with E-state index in [1.54, 1.807) is 0 Å². The number of benzene rings is 1. The molecule has 1 aromatic rings. The maximum atomic E-state index is 12.9. The van der Waals surface area contributed by atoms with Crippen LogP contribution in [0.3, 0.4) is 0 Å². The standard InChI is InChI=1S/C20H30N2O3/c1-3-20(2)15-22(10-12-25-20)19(23)21-18(13-16-9-11-24-14-16)17-7-5-4-6-8-17/h4-8,16,18H,3,9-15H2,1-2H3,(H,21,23)/t16-,18-,20+/m0/s1. The van der Waals surface area contributed by atoms with E-state index in [0.29, 0.717) is 25.6 Å².